The first kappa shape index (κ1) is 16.1. The van der Waals surface area contributed by atoms with Gasteiger partial charge in [0, 0.05) is 6.54 Å². The van der Waals surface area contributed by atoms with Crippen molar-refractivity contribution in [3.05, 3.63) is 33.4 Å². The molecular formula is C14H14Cl2N2O2S. The van der Waals surface area contributed by atoms with E-state index in [0.29, 0.717) is 45.3 Å². The van der Waals surface area contributed by atoms with E-state index < -0.39 is 0 Å². The number of nitrogens with zero attached hydrogens (tertiary/aromatic N) is 1. The minimum atomic E-state index is -0.163. The topological polar surface area (TPSA) is 41.6 Å². The third-order valence-electron chi connectivity index (χ3n) is 2.90. The van der Waals surface area contributed by atoms with E-state index in [0.717, 1.165) is 0 Å². The van der Waals surface area contributed by atoms with Gasteiger partial charge in [0.15, 0.2) is 10.9 Å². The number of carbonyl (C=O) groups is 1. The summed E-state index contributed by atoms with van der Waals surface area (Å²) in [5.74, 6) is 0.281. The Balaban J connectivity index is 2.34. The van der Waals surface area contributed by atoms with Crippen LogP contribution < -0.4 is 10.1 Å². The van der Waals surface area contributed by atoms with E-state index in [2.05, 4.69) is 5.32 Å². The molecule has 0 radical (unpaired) electrons. The molecule has 4 nitrogen and oxygen atoms in total. The Hall–Kier alpha value is -1.30. The Morgan fingerprint density at radius 2 is 1.95 bits per heavy atom. The van der Waals surface area contributed by atoms with Crippen LogP contribution in [0, 0.1) is 0 Å². The maximum Gasteiger partial charge on any atom is 0.276 e. The monoisotopic (exact) mass is 344 g/mol. The fourth-order valence-electron chi connectivity index (χ4n) is 1.97. The van der Waals surface area contributed by atoms with Crippen LogP contribution in [0.5, 0.6) is 5.75 Å². The highest BCUT2D eigenvalue weighted by Gasteiger charge is 2.29. The minimum Gasteiger partial charge on any atom is -0.491 e. The number of halogens is 2. The van der Waals surface area contributed by atoms with Crippen LogP contribution in [0.1, 0.15) is 19.4 Å². The van der Waals surface area contributed by atoms with Gasteiger partial charge in [-0.15, -0.1) is 0 Å². The standard InChI is InChI=1S/C14H14Cl2N2O2S/c1-3-18-13(19)11(17-14(18)21)7-8-5-9(15)12(20-4-2)10(16)6-8/h5-7H,3-4H2,1-2H3,(H,17,21)/b11-7-. The summed E-state index contributed by atoms with van der Waals surface area (Å²) in [6, 6.07) is 3.39. The molecule has 0 aromatic heterocycles. The third kappa shape index (κ3) is 3.31. The maximum atomic E-state index is 12.1. The normalized spacial score (nSPS) is 16.6. The molecule has 7 heteroatoms. The molecule has 0 atom stereocenters. The molecule has 2 rings (SSSR count). The number of hydrogen-bond acceptors (Lipinski definition) is 3. The molecule has 1 heterocycles. The predicted octanol–water partition coefficient (Wildman–Crippen LogP) is 3.47. The zero-order valence-corrected chi connectivity index (χ0v) is 13.9. The zero-order chi connectivity index (χ0) is 15.6. The summed E-state index contributed by atoms with van der Waals surface area (Å²) in [6.07, 6.45) is 1.66. The average molecular weight is 345 g/mol. The molecule has 21 heavy (non-hydrogen) atoms. The molecule has 1 fully saturated rings. The molecule has 0 bridgehead atoms. The summed E-state index contributed by atoms with van der Waals surface area (Å²) < 4.78 is 5.37. The molecular weight excluding hydrogens is 331 g/mol. The van der Waals surface area contributed by atoms with Crippen LogP contribution in [0.4, 0.5) is 0 Å². The van der Waals surface area contributed by atoms with Crippen molar-refractivity contribution in [1.29, 1.82) is 0 Å². The number of nitrogens with one attached hydrogen (secondary N) is 1. The summed E-state index contributed by atoms with van der Waals surface area (Å²) in [5.41, 5.74) is 1.10. The van der Waals surface area contributed by atoms with Crippen molar-refractivity contribution < 1.29 is 9.53 Å². The van der Waals surface area contributed by atoms with Gasteiger partial charge < -0.3 is 10.1 Å². The van der Waals surface area contributed by atoms with Gasteiger partial charge in [-0.3, -0.25) is 9.69 Å². The van der Waals surface area contributed by atoms with Crippen molar-refractivity contribution in [2.24, 2.45) is 0 Å². The number of rotatable bonds is 4. The number of ether oxygens (including phenoxy) is 1. The number of hydrogen-bond donors (Lipinski definition) is 1. The highest BCUT2D eigenvalue weighted by molar-refractivity contribution is 7.80. The second-order valence-corrected chi connectivity index (χ2v) is 5.49. The first-order chi connectivity index (χ1) is 9.97. The molecule has 1 amide bonds. The summed E-state index contributed by atoms with van der Waals surface area (Å²) in [6.45, 7) is 4.70. The van der Waals surface area contributed by atoms with Crippen LogP contribution in [-0.4, -0.2) is 29.1 Å². The van der Waals surface area contributed by atoms with Crippen LogP contribution in [-0.2, 0) is 4.79 Å². The van der Waals surface area contributed by atoms with Gasteiger partial charge in [-0.25, -0.2) is 0 Å². The van der Waals surface area contributed by atoms with Crippen LogP contribution in [0.15, 0.2) is 17.8 Å². The van der Waals surface area contributed by atoms with E-state index in [1.807, 2.05) is 13.8 Å². The van der Waals surface area contributed by atoms with Gasteiger partial charge in [0.25, 0.3) is 5.91 Å². The number of thiocarbonyl (C=S) groups is 1. The van der Waals surface area contributed by atoms with Gasteiger partial charge in [-0.1, -0.05) is 23.2 Å². The van der Waals surface area contributed by atoms with E-state index >= 15 is 0 Å². The molecule has 1 aromatic rings. The second kappa shape index (κ2) is 6.64. The highest BCUT2D eigenvalue weighted by atomic mass is 35.5. The summed E-state index contributed by atoms with van der Waals surface area (Å²) in [7, 11) is 0. The van der Waals surface area contributed by atoms with Gasteiger partial charge in [-0.2, -0.15) is 0 Å². The van der Waals surface area contributed by atoms with E-state index in [-0.39, 0.29) is 5.91 Å². The number of likely N-dealkylation sites (N-methyl/N-ethyl adjacent to an activating group) is 1. The Kier molecular flexibility index (Phi) is 5.08. The van der Waals surface area contributed by atoms with Crippen LogP contribution >= 0.6 is 35.4 Å². The van der Waals surface area contributed by atoms with Gasteiger partial charge in [0.1, 0.15) is 5.70 Å². The Morgan fingerprint density at radius 1 is 1.33 bits per heavy atom. The zero-order valence-electron chi connectivity index (χ0n) is 11.6. The summed E-state index contributed by atoms with van der Waals surface area (Å²) in [5, 5.41) is 4.08. The van der Waals surface area contributed by atoms with Gasteiger partial charge in [0.2, 0.25) is 0 Å². The fourth-order valence-corrected chi connectivity index (χ4v) is 2.91. The van der Waals surface area contributed by atoms with Gasteiger partial charge in [0.05, 0.1) is 16.7 Å². The third-order valence-corrected chi connectivity index (χ3v) is 3.78. The summed E-state index contributed by atoms with van der Waals surface area (Å²) in [4.78, 5) is 13.6. The Labute approximate surface area is 138 Å². The van der Waals surface area contributed by atoms with Crippen LogP contribution in [0.3, 0.4) is 0 Å². The molecule has 0 aliphatic carbocycles. The molecule has 1 aliphatic heterocycles. The summed E-state index contributed by atoms with van der Waals surface area (Å²) >= 11 is 17.4. The Bertz CT molecular complexity index is 608. The molecule has 1 aromatic carbocycles. The van der Waals surface area contributed by atoms with Crippen molar-refractivity contribution in [3.63, 3.8) is 0 Å². The largest absolute Gasteiger partial charge is 0.491 e. The van der Waals surface area contributed by atoms with E-state index in [9.17, 15) is 4.79 Å². The SMILES string of the molecule is CCOc1c(Cl)cc(/C=C2\NC(=S)N(CC)C2=O)cc1Cl. The molecule has 1 aliphatic rings. The first-order valence-electron chi connectivity index (χ1n) is 6.44. The molecule has 1 N–H and O–H groups in total. The Morgan fingerprint density at radius 3 is 2.43 bits per heavy atom. The predicted molar refractivity (Wildman–Crippen MR) is 88.7 cm³/mol. The lowest BCUT2D eigenvalue weighted by Crippen LogP contribution is -2.30. The van der Waals surface area contributed by atoms with Gasteiger partial charge in [-0.05, 0) is 49.8 Å². The molecule has 0 saturated carbocycles. The van der Waals surface area contributed by atoms with Crippen molar-refractivity contribution >= 4 is 52.5 Å². The van der Waals surface area contributed by atoms with Crippen LogP contribution in [0.2, 0.25) is 10.0 Å². The molecule has 0 spiro atoms. The van der Waals surface area contributed by atoms with Crippen molar-refractivity contribution in [3.8, 4) is 5.75 Å². The first-order valence-corrected chi connectivity index (χ1v) is 7.60. The molecule has 0 unspecified atom stereocenters. The second-order valence-electron chi connectivity index (χ2n) is 4.28. The molecule has 1 saturated heterocycles. The lowest BCUT2D eigenvalue weighted by atomic mass is 10.2. The fraction of sp³-hybridized carbons (Fsp3) is 0.286. The van der Waals surface area contributed by atoms with E-state index in [1.54, 1.807) is 18.2 Å². The average Bonchev–Trinajstić information content (AvgIpc) is 2.68. The highest BCUT2D eigenvalue weighted by Crippen LogP contribution is 2.35. The maximum absolute atomic E-state index is 12.1. The number of amides is 1. The molecule has 112 valence electrons. The number of benzene rings is 1. The van der Waals surface area contributed by atoms with Crippen LogP contribution in [0.25, 0.3) is 6.08 Å². The van der Waals surface area contributed by atoms with E-state index in [1.165, 1.54) is 4.90 Å². The van der Waals surface area contributed by atoms with E-state index in [4.69, 9.17) is 40.2 Å². The lowest BCUT2D eigenvalue weighted by molar-refractivity contribution is -0.122. The minimum absolute atomic E-state index is 0.163. The quantitative estimate of drug-likeness (QED) is 0.670. The van der Waals surface area contributed by atoms with Crippen molar-refractivity contribution in [2.75, 3.05) is 13.2 Å². The van der Waals surface area contributed by atoms with Crippen molar-refractivity contribution in [2.45, 2.75) is 13.8 Å². The van der Waals surface area contributed by atoms with Crippen molar-refractivity contribution in [1.82, 2.24) is 10.2 Å². The number of carbonyl (C=O) groups excluding carboxylic acids is 1. The smallest absolute Gasteiger partial charge is 0.276 e. The van der Waals surface area contributed by atoms with Gasteiger partial charge >= 0.3 is 0 Å². The lowest BCUT2D eigenvalue weighted by Gasteiger charge is -2.09.